The molecule has 4 aliphatic rings. The van der Waals surface area contributed by atoms with Gasteiger partial charge < -0.3 is 9.47 Å². The maximum absolute atomic E-state index is 5.90. The highest BCUT2D eigenvalue weighted by atomic mass is 16.5. The first kappa shape index (κ1) is 43.3. The van der Waals surface area contributed by atoms with E-state index in [1.165, 1.54) is 199 Å². The zero-order chi connectivity index (χ0) is 34.8. The molecule has 0 aliphatic heterocycles. The SMILES string of the molecule is CCCCCOCC1CCC(CCC2CCC(CCCC)CC2)CC1.CCCCOCC1CCC(CCC2CCC(CCCC)CC2)CC1. The summed E-state index contributed by atoms with van der Waals surface area (Å²) in [6.07, 6.45) is 45.1. The van der Waals surface area contributed by atoms with Crippen LogP contribution in [-0.2, 0) is 9.47 Å². The molecule has 0 aromatic rings. The van der Waals surface area contributed by atoms with Crippen molar-refractivity contribution in [2.75, 3.05) is 26.4 Å². The lowest BCUT2D eigenvalue weighted by atomic mass is 9.75. The van der Waals surface area contributed by atoms with E-state index in [0.29, 0.717) is 0 Å². The Hall–Kier alpha value is -0.0800. The minimum atomic E-state index is 0.867. The van der Waals surface area contributed by atoms with Crippen LogP contribution < -0.4 is 0 Å². The second kappa shape index (κ2) is 28.4. The van der Waals surface area contributed by atoms with Crippen molar-refractivity contribution in [1.82, 2.24) is 0 Å². The highest BCUT2D eigenvalue weighted by Gasteiger charge is 2.26. The number of hydrogen-bond acceptors (Lipinski definition) is 2. The summed E-state index contributed by atoms with van der Waals surface area (Å²) in [5.74, 6) is 8.09. The van der Waals surface area contributed by atoms with Gasteiger partial charge in [0, 0.05) is 26.4 Å². The minimum absolute atomic E-state index is 0.867. The van der Waals surface area contributed by atoms with Gasteiger partial charge in [-0.05, 0) is 85.9 Å². The molecule has 0 unspecified atom stereocenters. The van der Waals surface area contributed by atoms with E-state index in [2.05, 4.69) is 27.7 Å². The van der Waals surface area contributed by atoms with Crippen LogP contribution in [0.3, 0.4) is 0 Å². The molecular formula is C47H90O2. The van der Waals surface area contributed by atoms with Crippen LogP contribution in [0.5, 0.6) is 0 Å². The molecule has 0 aromatic heterocycles. The van der Waals surface area contributed by atoms with Crippen LogP contribution in [0, 0.1) is 47.3 Å². The van der Waals surface area contributed by atoms with Crippen LogP contribution in [0.25, 0.3) is 0 Å². The van der Waals surface area contributed by atoms with Gasteiger partial charge in [-0.25, -0.2) is 0 Å². The highest BCUT2D eigenvalue weighted by molar-refractivity contribution is 4.78. The maximum atomic E-state index is 5.90. The fraction of sp³-hybridized carbons (Fsp3) is 1.00. The van der Waals surface area contributed by atoms with E-state index in [-0.39, 0.29) is 0 Å². The molecular weight excluding hydrogens is 597 g/mol. The molecule has 0 saturated heterocycles. The summed E-state index contributed by atoms with van der Waals surface area (Å²) < 4.78 is 11.7. The van der Waals surface area contributed by atoms with E-state index in [9.17, 15) is 0 Å². The molecule has 0 atom stereocenters. The van der Waals surface area contributed by atoms with Gasteiger partial charge in [0.05, 0.1) is 0 Å². The van der Waals surface area contributed by atoms with E-state index in [1.54, 1.807) is 0 Å². The lowest BCUT2D eigenvalue weighted by Gasteiger charge is -2.32. The molecule has 4 rings (SSSR count). The molecule has 0 N–H and O–H groups in total. The summed E-state index contributed by atoms with van der Waals surface area (Å²) in [5.41, 5.74) is 0. The number of ether oxygens (including phenoxy) is 2. The van der Waals surface area contributed by atoms with E-state index in [0.717, 1.165) is 73.8 Å². The first-order valence-electron chi connectivity index (χ1n) is 23.3. The van der Waals surface area contributed by atoms with Crippen LogP contribution in [-0.4, -0.2) is 26.4 Å². The summed E-state index contributed by atoms with van der Waals surface area (Å²) in [5, 5.41) is 0. The molecule has 290 valence electrons. The molecule has 4 saturated carbocycles. The average molecular weight is 687 g/mol. The fourth-order valence-electron chi connectivity index (χ4n) is 10.1. The largest absolute Gasteiger partial charge is 0.381 e. The van der Waals surface area contributed by atoms with Gasteiger partial charge in [-0.3, -0.25) is 0 Å². The fourth-order valence-corrected chi connectivity index (χ4v) is 10.1. The van der Waals surface area contributed by atoms with Crippen LogP contribution in [0.2, 0.25) is 0 Å². The zero-order valence-corrected chi connectivity index (χ0v) is 34.2. The molecule has 49 heavy (non-hydrogen) atoms. The predicted molar refractivity (Wildman–Crippen MR) is 215 cm³/mol. The molecule has 4 aliphatic carbocycles. The Bertz CT molecular complexity index is 704. The Labute approximate surface area is 309 Å². The van der Waals surface area contributed by atoms with Crippen LogP contribution >= 0.6 is 0 Å². The van der Waals surface area contributed by atoms with Crippen molar-refractivity contribution in [3.8, 4) is 0 Å². The van der Waals surface area contributed by atoms with Crippen LogP contribution in [0.1, 0.15) is 227 Å². The summed E-state index contributed by atoms with van der Waals surface area (Å²) in [6.45, 7) is 13.2. The first-order chi connectivity index (χ1) is 24.1. The summed E-state index contributed by atoms with van der Waals surface area (Å²) >= 11 is 0. The van der Waals surface area contributed by atoms with Gasteiger partial charge in [-0.1, -0.05) is 188 Å². The molecule has 2 heteroatoms. The van der Waals surface area contributed by atoms with Crippen molar-refractivity contribution in [3.05, 3.63) is 0 Å². The lowest BCUT2D eigenvalue weighted by Crippen LogP contribution is -2.20. The molecule has 0 amide bonds. The Morgan fingerprint density at radius 2 is 0.551 bits per heavy atom. The quantitative estimate of drug-likeness (QED) is 0.0996. The normalized spacial score (nSPS) is 30.9. The third-order valence-corrected chi connectivity index (χ3v) is 14.0. The van der Waals surface area contributed by atoms with E-state index >= 15 is 0 Å². The van der Waals surface area contributed by atoms with E-state index in [4.69, 9.17) is 9.47 Å². The van der Waals surface area contributed by atoms with Crippen molar-refractivity contribution < 1.29 is 9.47 Å². The van der Waals surface area contributed by atoms with Crippen molar-refractivity contribution in [2.45, 2.75) is 227 Å². The predicted octanol–water partition coefficient (Wildman–Crippen LogP) is 15.2. The van der Waals surface area contributed by atoms with Gasteiger partial charge in [0.25, 0.3) is 0 Å². The first-order valence-corrected chi connectivity index (χ1v) is 23.3. The number of rotatable bonds is 23. The Morgan fingerprint density at radius 3 is 0.857 bits per heavy atom. The summed E-state index contributed by atoms with van der Waals surface area (Å²) in [7, 11) is 0. The van der Waals surface area contributed by atoms with Crippen molar-refractivity contribution in [2.24, 2.45) is 47.3 Å². The van der Waals surface area contributed by atoms with Crippen molar-refractivity contribution in [3.63, 3.8) is 0 Å². The molecule has 2 nitrogen and oxygen atoms in total. The molecule has 4 fully saturated rings. The highest BCUT2D eigenvalue weighted by Crippen LogP contribution is 2.39. The molecule has 0 radical (unpaired) electrons. The Morgan fingerprint density at radius 1 is 0.286 bits per heavy atom. The smallest absolute Gasteiger partial charge is 0.0494 e. The lowest BCUT2D eigenvalue weighted by molar-refractivity contribution is 0.0736. The van der Waals surface area contributed by atoms with Gasteiger partial charge in [0.2, 0.25) is 0 Å². The minimum Gasteiger partial charge on any atom is -0.381 e. The second-order valence-electron chi connectivity index (χ2n) is 18.2. The molecule has 0 heterocycles. The van der Waals surface area contributed by atoms with Gasteiger partial charge in [0.15, 0.2) is 0 Å². The van der Waals surface area contributed by atoms with Gasteiger partial charge >= 0.3 is 0 Å². The average Bonchev–Trinajstić information content (AvgIpc) is 3.15. The van der Waals surface area contributed by atoms with Crippen LogP contribution in [0.15, 0.2) is 0 Å². The maximum Gasteiger partial charge on any atom is 0.0494 e. The van der Waals surface area contributed by atoms with Crippen molar-refractivity contribution in [1.29, 1.82) is 0 Å². The Balaban J connectivity index is 0.000000266. The zero-order valence-electron chi connectivity index (χ0n) is 34.2. The van der Waals surface area contributed by atoms with E-state index in [1.807, 2.05) is 0 Å². The van der Waals surface area contributed by atoms with Gasteiger partial charge in [-0.15, -0.1) is 0 Å². The van der Waals surface area contributed by atoms with E-state index < -0.39 is 0 Å². The summed E-state index contributed by atoms with van der Waals surface area (Å²) in [6, 6.07) is 0. The van der Waals surface area contributed by atoms with Gasteiger partial charge in [-0.2, -0.15) is 0 Å². The monoisotopic (exact) mass is 687 g/mol. The topological polar surface area (TPSA) is 18.5 Å². The Kier molecular flexibility index (Phi) is 25.1. The number of hydrogen-bond donors (Lipinski definition) is 0. The standard InChI is InChI=1S/C24H46O.C23H44O/c1-3-5-7-19-25-20-24-17-15-23(16-18-24)14-13-22-11-9-21(10-12-22)8-6-4-2;1-3-5-7-20-8-10-21(11-9-20)12-13-22-14-16-23(17-15-22)19-24-18-6-4-2/h21-24H,3-20H2,1-2H3;20-23H,3-19H2,1-2H3. The second-order valence-corrected chi connectivity index (χ2v) is 18.2. The van der Waals surface area contributed by atoms with Crippen LogP contribution in [0.4, 0.5) is 0 Å². The molecule has 0 bridgehead atoms. The third kappa shape index (κ3) is 20.1. The molecule has 0 aromatic carbocycles. The molecule has 0 spiro atoms. The number of unbranched alkanes of at least 4 members (excludes halogenated alkanes) is 5. The summed E-state index contributed by atoms with van der Waals surface area (Å²) in [4.78, 5) is 0. The third-order valence-electron chi connectivity index (χ3n) is 14.0. The van der Waals surface area contributed by atoms with Gasteiger partial charge in [0.1, 0.15) is 0 Å². The van der Waals surface area contributed by atoms with Crippen molar-refractivity contribution >= 4 is 0 Å².